The van der Waals surface area contributed by atoms with Crippen LogP contribution in [0.3, 0.4) is 0 Å². The SMILES string of the molecule is CCCCCCc1cc(-c2ccc(N(c3ccc(-c4ccc(Br)cc4)cc3)c3ccc(-c4ccc(CCC)cc4)cc3)cc2C)c(CCCCCC)cc1-c1ccc(-c2ccc(N(c3ccc(-c4ccc(Br)cc4)cc3)c3ccc(-c4ccc(CCC)cc4)cc3)cc2C)cc1. The topological polar surface area (TPSA) is 6.48 Å². The molecule has 2 nitrogen and oxygen atoms in total. The van der Waals surface area contributed by atoms with Crippen molar-refractivity contribution >= 4 is 66.0 Å². The summed E-state index contributed by atoms with van der Waals surface area (Å²) < 4.78 is 2.16. The molecule has 0 spiro atoms. The predicted octanol–water partition coefficient (Wildman–Crippen LogP) is 28.6. The van der Waals surface area contributed by atoms with Crippen LogP contribution in [0.4, 0.5) is 34.1 Å². The molecule has 0 atom stereocenters. The number of halogens is 2. The van der Waals surface area contributed by atoms with Crippen molar-refractivity contribution in [3.8, 4) is 77.9 Å². The van der Waals surface area contributed by atoms with Crippen LogP contribution in [0.5, 0.6) is 0 Å². The van der Waals surface area contributed by atoms with E-state index in [-0.39, 0.29) is 0 Å². The van der Waals surface area contributed by atoms with E-state index in [4.69, 9.17) is 0 Å². The third-order valence-electron chi connectivity index (χ3n) is 19.2. The minimum Gasteiger partial charge on any atom is -0.310 e. The standard InChI is InChI=1S/C92H90Br2N2/c1-7-11-13-15-19-79-64-92(90-60-58-88(62-66(90)6)96(86-55-43-76(44-56-86)72-35-47-82(94)48-36-72)85-51-39-74(40-52-85)70-27-23-68(18-10-4)24-28-70)80(20-16-14-12-8-2)63-91(79)78-31-29-77(30-32-78)89-59-57-87(61-65(89)5)95(84-53-41-75(42-54-84)71-33-45-81(93)46-34-71)83-49-37-73(38-50-83)69-25-21-67(17-9-3)22-26-69/h21-64H,7-20H2,1-6H3. The minimum absolute atomic E-state index is 1.04. The molecule has 0 fully saturated rings. The van der Waals surface area contributed by atoms with E-state index in [1.807, 2.05) is 0 Å². The van der Waals surface area contributed by atoms with Crippen LogP contribution in [0.1, 0.15) is 125 Å². The fraction of sp³-hybridized carbons (Fsp3) is 0.217. The first-order valence-electron chi connectivity index (χ1n) is 35.2. The third kappa shape index (κ3) is 16.2. The zero-order valence-electron chi connectivity index (χ0n) is 57.0. The molecule has 0 N–H and O–H groups in total. The van der Waals surface area contributed by atoms with E-state index in [0.29, 0.717) is 0 Å². The summed E-state index contributed by atoms with van der Waals surface area (Å²) in [6, 6.07) is 101. The molecule has 0 unspecified atom stereocenters. The summed E-state index contributed by atoms with van der Waals surface area (Å²) in [4.78, 5) is 4.83. The molecule has 0 aliphatic carbocycles. The van der Waals surface area contributed by atoms with Crippen molar-refractivity contribution in [2.45, 2.75) is 131 Å². The lowest BCUT2D eigenvalue weighted by atomic mass is 9.85. The molecule has 0 amide bonds. The average molecular weight is 1380 g/mol. The zero-order valence-corrected chi connectivity index (χ0v) is 60.1. The quantitative estimate of drug-likeness (QED) is 0.0474. The number of anilines is 6. The van der Waals surface area contributed by atoms with E-state index < -0.39 is 0 Å². The molecular weight excluding hydrogens is 1290 g/mol. The lowest BCUT2D eigenvalue weighted by molar-refractivity contribution is 0.664. The normalized spacial score (nSPS) is 11.3. The molecule has 0 radical (unpaired) electrons. The van der Waals surface area contributed by atoms with E-state index in [0.717, 1.165) is 88.0 Å². The van der Waals surface area contributed by atoms with Gasteiger partial charge in [-0.15, -0.1) is 0 Å². The molecule has 0 aromatic heterocycles. The number of aryl methyl sites for hydroxylation is 6. The molecule has 12 aromatic rings. The maximum atomic E-state index is 3.64. The molecule has 12 aromatic carbocycles. The van der Waals surface area contributed by atoms with Gasteiger partial charge in [-0.2, -0.15) is 0 Å². The first-order chi connectivity index (χ1) is 47.0. The first-order valence-corrected chi connectivity index (χ1v) is 36.8. The summed E-state index contributed by atoms with van der Waals surface area (Å²) in [7, 11) is 0. The second-order valence-corrected chi connectivity index (χ2v) is 28.0. The van der Waals surface area contributed by atoms with Crippen molar-refractivity contribution in [1.29, 1.82) is 0 Å². The van der Waals surface area contributed by atoms with Gasteiger partial charge in [-0.25, -0.2) is 0 Å². The summed E-state index contributed by atoms with van der Waals surface area (Å²) >= 11 is 7.26. The van der Waals surface area contributed by atoms with Gasteiger partial charge in [-0.1, -0.05) is 281 Å². The lowest BCUT2D eigenvalue weighted by Crippen LogP contribution is -2.10. The molecule has 12 rings (SSSR count). The van der Waals surface area contributed by atoms with Gasteiger partial charge < -0.3 is 9.80 Å². The molecule has 0 aliphatic rings. The zero-order chi connectivity index (χ0) is 66.3. The molecule has 96 heavy (non-hydrogen) atoms. The van der Waals surface area contributed by atoms with Gasteiger partial charge in [0.05, 0.1) is 0 Å². The van der Waals surface area contributed by atoms with Crippen molar-refractivity contribution in [2.24, 2.45) is 0 Å². The predicted molar refractivity (Wildman–Crippen MR) is 422 cm³/mol. The molecule has 4 heteroatoms. The maximum absolute atomic E-state index is 3.64. The summed E-state index contributed by atoms with van der Waals surface area (Å²) in [6.45, 7) is 13.7. The van der Waals surface area contributed by atoms with Gasteiger partial charge in [0.15, 0.2) is 0 Å². The van der Waals surface area contributed by atoms with E-state index in [1.54, 1.807) is 0 Å². The van der Waals surface area contributed by atoms with Gasteiger partial charge in [0, 0.05) is 43.1 Å². The van der Waals surface area contributed by atoms with Gasteiger partial charge >= 0.3 is 0 Å². The highest BCUT2D eigenvalue weighted by Crippen LogP contribution is 2.44. The number of hydrogen-bond acceptors (Lipinski definition) is 2. The molecule has 0 heterocycles. The smallest absolute Gasteiger partial charge is 0.0464 e. The molecule has 0 saturated heterocycles. The van der Waals surface area contributed by atoms with Crippen LogP contribution in [0, 0.1) is 13.8 Å². The molecular formula is C92H90Br2N2. The molecule has 0 aliphatic heterocycles. The Labute approximate surface area is 590 Å². The highest BCUT2D eigenvalue weighted by Gasteiger charge is 2.21. The summed E-state index contributed by atoms with van der Waals surface area (Å²) in [5.41, 5.74) is 32.4. The number of benzene rings is 12. The Morgan fingerprint density at radius 1 is 0.229 bits per heavy atom. The second-order valence-electron chi connectivity index (χ2n) is 26.1. The van der Waals surface area contributed by atoms with Crippen LogP contribution < -0.4 is 9.80 Å². The van der Waals surface area contributed by atoms with Crippen LogP contribution in [0.25, 0.3) is 77.9 Å². The van der Waals surface area contributed by atoms with Gasteiger partial charge in [-0.05, 0) is 261 Å². The highest BCUT2D eigenvalue weighted by atomic mass is 79.9. The number of rotatable bonds is 27. The molecule has 482 valence electrons. The van der Waals surface area contributed by atoms with Gasteiger partial charge in [0.1, 0.15) is 0 Å². The minimum atomic E-state index is 1.04. The lowest BCUT2D eigenvalue weighted by Gasteiger charge is -2.27. The van der Waals surface area contributed by atoms with Gasteiger partial charge in [0.2, 0.25) is 0 Å². The van der Waals surface area contributed by atoms with Crippen molar-refractivity contribution in [2.75, 3.05) is 9.80 Å². The van der Waals surface area contributed by atoms with Crippen LogP contribution >= 0.6 is 31.9 Å². The summed E-state index contributed by atoms with van der Waals surface area (Å²) in [6.07, 6.45) is 16.3. The number of nitrogens with zero attached hydrogens (tertiary/aromatic N) is 2. The van der Waals surface area contributed by atoms with Crippen molar-refractivity contribution < 1.29 is 0 Å². The van der Waals surface area contributed by atoms with Crippen LogP contribution in [0.2, 0.25) is 0 Å². The monoisotopic (exact) mass is 1380 g/mol. The first kappa shape index (κ1) is 67.2. The highest BCUT2D eigenvalue weighted by molar-refractivity contribution is 9.10. The fourth-order valence-electron chi connectivity index (χ4n) is 13.8. The van der Waals surface area contributed by atoms with Crippen LogP contribution in [-0.4, -0.2) is 0 Å². The van der Waals surface area contributed by atoms with Gasteiger partial charge in [-0.3, -0.25) is 0 Å². The van der Waals surface area contributed by atoms with E-state index >= 15 is 0 Å². The number of hydrogen-bond donors (Lipinski definition) is 0. The van der Waals surface area contributed by atoms with E-state index in [2.05, 4.69) is 350 Å². The average Bonchev–Trinajstić information content (AvgIpc) is 0.798. The largest absolute Gasteiger partial charge is 0.310 e. The Bertz CT molecular complexity index is 4470. The van der Waals surface area contributed by atoms with Crippen molar-refractivity contribution in [3.63, 3.8) is 0 Å². The summed E-state index contributed by atoms with van der Waals surface area (Å²) in [5, 5.41) is 0. The second kappa shape index (κ2) is 32.3. The Morgan fingerprint density at radius 2 is 0.510 bits per heavy atom. The molecule has 0 bridgehead atoms. The Hall–Kier alpha value is -8.80. The van der Waals surface area contributed by atoms with E-state index in [1.165, 1.54) is 156 Å². The van der Waals surface area contributed by atoms with Crippen molar-refractivity contribution in [1.82, 2.24) is 0 Å². The molecule has 0 saturated carbocycles. The Balaban J connectivity index is 0.873. The third-order valence-corrected chi connectivity index (χ3v) is 20.2. The van der Waals surface area contributed by atoms with Crippen LogP contribution in [0.15, 0.2) is 276 Å². The Morgan fingerprint density at radius 3 is 0.844 bits per heavy atom. The van der Waals surface area contributed by atoms with Gasteiger partial charge in [0.25, 0.3) is 0 Å². The Kier molecular flexibility index (Phi) is 22.6. The van der Waals surface area contributed by atoms with Crippen LogP contribution in [-0.2, 0) is 25.7 Å². The fourth-order valence-corrected chi connectivity index (χ4v) is 14.4. The maximum Gasteiger partial charge on any atom is 0.0464 e. The summed E-state index contributed by atoms with van der Waals surface area (Å²) in [5.74, 6) is 0. The van der Waals surface area contributed by atoms with E-state index in [9.17, 15) is 0 Å². The van der Waals surface area contributed by atoms with Crippen molar-refractivity contribution in [3.05, 3.63) is 309 Å². The number of unbranched alkanes of at least 4 members (excludes halogenated alkanes) is 6.